The van der Waals surface area contributed by atoms with E-state index in [0.717, 1.165) is 25.9 Å². The second-order valence-corrected chi connectivity index (χ2v) is 5.32. The SMILES string of the molecule is CN(CC(=O)N1CCCC1)C(=O)c1ccc(O)c(Cl)c1. The van der Waals surface area contributed by atoms with Crippen LogP contribution in [-0.2, 0) is 4.79 Å². The lowest BCUT2D eigenvalue weighted by molar-refractivity contribution is -0.130. The number of likely N-dealkylation sites (tertiary alicyclic amines) is 1. The zero-order chi connectivity index (χ0) is 14.7. The fourth-order valence-electron chi connectivity index (χ4n) is 2.20. The quantitative estimate of drug-likeness (QED) is 0.924. The van der Waals surface area contributed by atoms with Crippen molar-refractivity contribution in [2.45, 2.75) is 12.8 Å². The van der Waals surface area contributed by atoms with Gasteiger partial charge in [0.15, 0.2) is 0 Å². The van der Waals surface area contributed by atoms with Gasteiger partial charge < -0.3 is 14.9 Å². The lowest BCUT2D eigenvalue weighted by Gasteiger charge is -2.21. The summed E-state index contributed by atoms with van der Waals surface area (Å²) >= 11 is 5.78. The number of nitrogens with zero attached hydrogens (tertiary/aromatic N) is 2. The Morgan fingerprint density at radius 1 is 1.35 bits per heavy atom. The van der Waals surface area contributed by atoms with Crippen LogP contribution in [0.4, 0.5) is 0 Å². The van der Waals surface area contributed by atoms with E-state index in [1.54, 1.807) is 11.9 Å². The van der Waals surface area contributed by atoms with Gasteiger partial charge in [0.2, 0.25) is 5.91 Å². The van der Waals surface area contributed by atoms with Crippen LogP contribution in [-0.4, -0.2) is 53.4 Å². The van der Waals surface area contributed by atoms with Gasteiger partial charge in [-0.15, -0.1) is 0 Å². The van der Waals surface area contributed by atoms with Crippen LogP contribution >= 0.6 is 11.6 Å². The summed E-state index contributed by atoms with van der Waals surface area (Å²) in [6, 6.07) is 4.25. The standard InChI is InChI=1S/C14H17ClN2O3/c1-16(9-13(19)17-6-2-3-7-17)14(20)10-4-5-12(18)11(15)8-10/h4-5,8,18H,2-3,6-7,9H2,1H3. The molecular weight excluding hydrogens is 280 g/mol. The van der Waals surface area contributed by atoms with Crippen molar-refractivity contribution in [3.63, 3.8) is 0 Å². The number of carbonyl (C=O) groups is 2. The summed E-state index contributed by atoms with van der Waals surface area (Å²) in [5, 5.41) is 9.46. The van der Waals surface area contributed by atoms with E-state index in [0.29, 0.717) is 5.56 Å². The molecule has 0 unspecified atom stereocenters. The van der Waals surface area contributed by atoms with Gasteiger partial charge in [0.05, 0.1) is 11.6 Å². The van der Waals surface area contributed by atoms with Gasteiger partial charge in [-0.05, 0) is 31.0 Å². The summed E-state index contributed by atoms with van der Waals surface area (Å²) in [6.45, 7) is 1.59. The molecule has 2 amide bonds. The average molecular weight is 297 g/mol. The van der Waals surface area contributed by atoms with Gasteiger partial charge in [-0.2, -0.15) is 0 Å². The molecule has 0 aliphatic carbocycles. The lowest BCUT2D eigenvalue weighted by Crippen LogP contribution is -2.39. The summed E-state index contributed by atoms with van der Waals surface area (Å²) in [7, 11) is 1.58. The molecule has 1 aromatic carbocycles. The van der Waals surface area contributed by atoms with Crippen LogP contribution in [0.5, 0.6) is 5.75 Å². The lowest BCUT2D eigenvalue weighted by atomic mass is 10.2. The van der Waals surface area contributed by atoms with Crippen LogP contribution in [0.2, 0.25) is 5.02 Å². The van der Waals surface area contributed by atoms with E-state index in [2.05, 4.69) is 0 Å². The molecule has 1 saturated heterocycles. The number of phenols is 1. The van der Waals surface area contributed by atoms with Crippen molar-refractivity contribution in [2.75, 3.05) is 26.7 Å². The number of aromatic hydroxyl groups is 1. The number of rotatable bonds is 3. The Balaban J connectivity index is 2.00. The summed E-state index contributed by atoms with van der Waals surface area (Å²) in [5.74, 6) is -0.401. The molecule has 1 N–H and O–H groups in total. The first-order chi connectivity index (χ1) is 9.49. The van der Waals surface area contributed by atoms with Crippen molar-refractivity contribution < 1.29 is 14.7 Å². The second kappa shape index (κ2) is 6.13. The Kier molecular flexibility index (Phi) is 4.49. The van der Waals surface area contributed by atoms with Gasteiger partial charge in [-0.1, -0.05) is 11.6 Å². The van der Waals surface area contributed by atoms with E-state index in [9.17, 15) is 14.7 Å². The van der Waals surface area contributed by atoms with E-state index in [1.807, 2.05) is 0 Å². The minimum Gasteiger partial charge on any atom is -0.506 e. The summed E-state index contributed by atoms with van der Waals surface area (Å²) in [6.07, 6.45) is 2.05. The molecule has 2 rings (SSSR count). The molecule has 0 radical (unpaired) electrons. The predicted octanol–water partition coefficient (Wildman–Crippen LogP) is 1.74. The van der Waals surface area contributed by atoms with Crippen LogP contribution in [0.1, 0.15) is 23.2 Å². The van der Waals surface area contributed by atoms with Crippen molar-refractivity contribution in [3.05, 3.63) is 28.8 Å². The highest BCUT2D eigenvalue weighted by Gasteiger charge is 2.22. The van der Waals surface area contributed by atoms with Gasteiger partial charge in [-0.25, -0.2) is 0 Å². The number of hydrogen-bond acceptors (Lipinski definition) is 3. The van der Waals surface area contributed by atoms with Crippen LogP contribution in [0.25, 0.3) is 0 Å². The number of carbonyl (C=O) groups excluding carboxylic acids is 2. The molecule has 0 atom stereocenters. The maximum Gasteiger partial charge on any atom is 0.254 e. The Morgan fingerprint density at radius 2 is 2.00 bits per heavy atom. The second-order valence-electron chi connectivity index (χ2n) is 4.92. The Bertz CT molecular complexity index is 527. The van der Waals surface area contributed by atoms with E-state index in [-0.39, 0.29) is 29.1 Å². The Labute approximate surface area is 122 Å². The molecule has 20 heavy (non-hydrogen) atoms. The fraction of sp³-hybridized carbons (Fsp3) is 0.429. The maximum atomic E-state index is 12.2. The Morgan fingerprint density at radius 3 is 2.60 bits per heavy atom. The van der Waals surface area contributed by atoms with Gasteiger partial charge in [0.1, 0.15) is 5.75 Å². The number of halogens is 1. The van der Waals surface area contributed by atoms with Crippen molar-refractivity contribution in [1.29, 1.82) is 0 Å². The highest BCUT2D eigenvalue weighted by molar-refractivity contribution is 6.32. The molecule has 0 aromatic heterocycles. The van der Waals surface area contributed by atoms with Gasteiger partial charge in [0.25, 0.3) is 5.91 Å². The van der Waals surface area contributed by atoms with Crippen molar-refractivity contribution >= 4 is 23.4 Å². The van der Waals surface area contributed by atoms with Crippen LogP contribution in [0.15, 0.2) is 18.2 Å². The third-order valence-electron chi connectivity index (χ3n) is 3.37. The highest BCUT2D eigenvalue weighted by atomic mass is 35.5. The van der Waals surface area contributed by atoms with E-state index < -0.39 is 0 Å². The molecule has 1 aliphatic heterocycles. The third-order valence-corrected chi connectivity index (χ3v) is 3.68. The molecule has 5 nitrogen and oxygen atoms in total. The van der Waals surface area contributed by atoms with Gasteiger partial charge in [0, 0.05) is 25.7 Å². The summed E-state index contributed by atoms with van der Waals surface area (Å²) in [5.41, 5.74) is 0.351. The molecule has 0 bridgehead atoms. The minimum absolute atomic E-state index is 0.0387. The molecule has 1 fully saturated rings. The van der Waals surface area contributed by atoms with Crippen molar-refractivity contribution in [1.82, 2.24) is 9.80 Å². The first-order valence-electron chi connectivity index (χ1n) is 6.51. The molecule has 0 saturated carbocycles. The molecule has 1 aliphatic rings. The highest BCUT2D eigenvalue weighted by Crippen LogP contribution is 2.24. The minimum atomic E-state index is -0.292. The zero-order valence-corrected chi connectivity index (χ0v) is 12.1. The average Bonchev–Trinajstić information content (AvgIpc) is 2.95. The van der Waals surface area contributed by atoms with Gasteiger partial charge in [-0.3, -0.25) is 9.59 Å². The van der Waals surface area contributed by atoms with Crippen molar-refractivity contribution in [3.8, 4) is 5.75 Å². The molecule has 0 spiro atoms. The number of amides is 2. The van der Waals surface area contributed by atoms with Crippen LogP contribution < -0.4 is 0 Å². The monoisotopic (exact) mass is 296 g/mol. The third kappa shape index (κ3) is 3.22. The first-order valence-corrected chi connectivity index (χ1v) is 6.88. The van der Waals surface area contributed by atoms with Crippen molar-refractivity contribution in [2.24, 2.45) is 0 Å². The summed E-state index contributed by atoms with van der Waals surface area (Å²) < 4.78 is 0. The molecular formula is C14H17ClN2O3. The molecule has 108 valence electrons. The number of likely N-dealkylation sites (N-methyl/N-ethyl adjacent to an activating group) is 1. The van der Waals surface area contributed by atoms with Crippen LogP contribution in [0.3, 0.4) is 0 Å². The predicted molar refractivity (Wildman–Crippen MR) is 75.9 cm³/mol. The van der Waals surface area contributed by atoms with E-state index >= 15 is 0 Å². The summed E-state index contributed by atoms with van der Waals surface area (Å²) in [4.78, 5) is 27.3. The Hall–Kier alpha value is -1.75. The maximum absolute atomic E-state index is 12.2. The first kappa shape index (κ1) is 14.7. The normalized spacial score (nSPS) is 14.4. The number of hydrogen-bond donors (Lipinski definition) is 1. The molecule has 6 heteroatoms. The molecule has 1 aromatic rings. The van der Waals surface area contributed by atoms with E-state index in [1.165, 1.54) is 23.1 Å². The topological polar surface area (TPSA) is 60.9 Å². The number of benzene rings is 1. The van der Waals surface area contributed by atoms with Crippen LogP contribution in [0, 0.1) is 0 Å². The smallest absolute Gasteiger partial charge is 0.254 e. The van der Waals surface area contributed by atoms with Gasteiger partial charge >= 0.3 is 0 Å². The zero-order valence-electron chi connectivity index (χ0n) is 11.3. The largest absolute Gasteiger partial charge is 0.506 e. The van der Waals surface area contributed by atoms with E-state index in [4.69, 9.17) is 11.6 Å². The molecule has 1 heterocycles. The number of phenolic OH excluding ortho intramolecular Hbond substituents is 1. The fourth-order valence-corrected chi connectivity index (χ4v) is 2.38.